The molecule has 4 aromatic carbocycles. The van der Waals surface area contributed by atoms with E-state index in [0.29, 0.717) is 5.75 Å². The van der Waals surface area contributed by atoms with Crippen LogP contribution >= 0.6 is 0 Å². The molecule has 0 amide bonds. The summed E-state index contributed by atoms with van der Waals surface area (Å²) in [7, 11) is 0. The zero-order chi connectivity index (χ0) is 26.5. The van der Waals surface area contributed by atoms with Crippen molar-refractivity contribution in [3.63, 3.8) is 0 Å². The van der Waals surface area contributed by atoms with Crippen molar-refractivity contribution in [2.45, 2.75) is 57.7 Å². The highest BCUT2D eigenvalue weighted by molar-refractivity contribution is 5.76. The van der Waals surface area contributed by atoms with Crippen LogP contribution in [0.5, 0.6) is 5.75 Å². The van der Waals surface area contributed by atoms with Crippen LogP contribution in [0.2, 0.25) is 0 Å². The fourth-order valence-electron chi connectivity index (χ4n) is 5.70. The molecule has 1 aliphatic rings. The fourth-order valence-corrected chi connectivity index (χ4v) is 5.70. The van der Waals surface area contributed by atoms with Crippen LogP contribution in [-0.2, 0) is 5.41 Å². The number of aryl methyl sites for hydroxylation is 2. The lowest BCUT2D eigenvalue weighted by Crippen LogP contribution is -2.30. The van der Waals surface area contributed by atoms with Gasteiger partial charge in [-0.3, -0.25) is 0 Å². The molecule has 0 aliphatic heterocycles. The Kier molecular flexibility index (Phi) is 7.67. The Hall–Kier alpha value is -3.82. The van der Waals surface area contributed by atoms with E-state index in [1.165, 1.54) is 47.6 Å². The second kappa shape index (κ2) is 11.3. The molecule has 194 valence electrons. The molecule has 0 bridgehead atoms. The van der Waals surface area contributed by atoms with Gasteiger partial charge in [-0.2, -0.15) is 0 Å². The third kappa shape index (κ3) is 5.39. The van der Waals surface area contributed by atoms with E-state index in [1.54, 1.807) is 0 Å². The minimum atomic E-state index is -0.998. The van der Waals surface area contributed by atoms with Gasteiger partial charge in [0.15, 0.2) is 0 Å². The Morgan fingerprint density at radius 2 is 1.11 bits per heavy atom. The molecule has 0 saturated heterocycles. The minimum Gasteiger partial charge on any atom is -0.461 e. The van der Waals surface area contributed by atoms with E-state index in [2.05, 4.69) is 110 Å². The number of hydrogen-bond donors (Lipinski definition) is 1. The van der Waals surface area contributed by atoms with Gasteiger partial charge in [0.2, 0.25) is 6.29 Å². The first-order chi connectivity index (χ1) is 18.5. The van der Waals surface area contributed by atoms with Gasteiger partial charge in [-0.05, 0) is 92.4 Å². The third-order valence-corrected chi connectivity index (χ3v) is 7.83. The molecule has 3 nitrogen and oxygen atoms in total. The maximum Gasteiger partial charge on any atom is 0.216 e. The molecular weight excluding hydrogens is 466 g/mol. The standard InChI is InChI=1S/C35H37NO2/c1-4-34(37)38-33-22-14-29(15-23-33)35(24-6-5-7-25-35)28-12-20-32(21-13-28)36(30-16-8-26(2)9-17-30)31-18-10-27(3)11-19-31/h4,8-23,34,37H,1,5-7,24-25H2,2-3H3. The van der Waals surface area contributed by atoms with Gasteiger partial charge in [0.1, 0.15) is 5.75 Å². The highest BCUT2D eigenvalue weighted by Crippen LogP contribution is 2.46. The van der Waals surface area contributed by atoms with Crippen molar-refractivity contribution in [2.24, 2.45) is 0 Å². The summed E-state index contributed by atoms with van der Waals surface area (Å²) < 4.78 is 5.52. The predicted molar refractivity (Wildman–Crippen MR) is 158 cm³/mol. The van der Waals surface area contributed by atoms with Crippen LogP contribution in [0.25, 0.3) is 0 Å². The van der Waals surface area contributed by atoms with Crippen molar-refractivity contribution in [1.29, 1.82) is 0 Å². The zero-order valence-electron chi connectivity index (χ0n) is 22.4. The lowest BCUT2D eigenvalue weighted by molar-refractivity contribution is 0.0250. The molecular formula is C35H37NO2. The van der Waals surface area contributed by atoms with E-state index in [0.717, 1.165) is 29.9 Å². The molecule has 1 saturated carbocycles. The fraction of sp³-hybridized carbons (Fsp3) is 0.257. The van der Waals surface area contributed by atoms with Gasteiger partial charge in [0, 0.05) is 22.5 Å². The van der Waals surface area contributed by atoms with Crippen LogP contribution in [0.15, 0.2) is 110 Å². The van der Waals surface area contributed by atoms with Gasteiger partial charge in [-0.25, -0.2) is 0 Å². The van der Waals surface area contributed by atoms with Crippen molar-refractivity contribution in [1.82, 2.24) is 0 Å². The molecule has 3 heteroatoms. The summed E-state index contributed by atoms with van der Waals surface area (Å²) in [5.41, 5.74) is 8.59. The van der Waals surface area contributed by atoms with Crippen molar-refractivity contribution >= 4 is 17.1 Å². The Balaban J connectivity index is 1.51. The number of ether oxygens (including phenoxy) is 1. The summed E-state index contributed by atoms with van der Waals surface area (Å²) in [5.74, 6) is 0.647. The van der Waals surface area contributed by atoms with E-state index in [4.69, 9.17) is 4.74 Å². The Bertz CT molecular complexity index is 1290. The van der Waals surface area contributed by atoms with Crippen LogP contribution in [-0.4, -0.2) is 11.4 Å². The summed E-state index contributed by atoms with van der Waals surface area (Å²) in [5, 5.41) is 9.78. The van der Waals surface area contributed by atoms with Gasteiger partial charge in [0.25, 0.3) is 0 Å². The van der Waals surface area contributed by atoms with E-state index in [-0.39, 0.29) is 5.41 Å². The number of nitrogens with zero attached hydrogens (tertiary/aromatic N) is 1. The largest absolute Gasteiger partial charge is 0.461 e. The van der Waals surface area contributed by atoms with Gasteiger partial charge >= 0.3 is 0 Å². The summed E-state index contributed by atoms with van der Waals surface area (Å²) in [6, 6.07) is 34.9. The summed E-state index contributed by atoms with van der Waals surface area (Å²) in [6.07, 6.45) is 6.35. The highest BCUT2D eigenvalue weighted by Gasteiger charge is 2.35. The topological polar surface area (TPSA) is 32.7 Å². The Morgan fingerprint density at radius 1 is 0.684 bits per heavy atom. The first kappa shape index (κ1) is 25.8. The average Bonchev–Trinajstić information content (AvgIpc) is 2.96. The molecule has 4 aromatic rings. The van der Waals surface area contributed by atoms with Crippen molar-refractivity contribution in [3.8, 4) is 5.75 Å². The number of benzene rings is 4. The number of hydrogen-bond acceptors (Lipinski definition) is 3. The molecule has 0 heterocycles. The highest BCUT2D eigenvalue weighted by atomic mass is 16.6. The lowest BCUT2D eigenvalue weighted by atomic mass is 9.65. The van der Waals surface area contributed by atoms with Crippen molar-refractivity contribution < 1.29 is 9.84 Å². The number of anilines is 3. The number of rotatable bonds is 8. The molecule has 0 aromatic heterocycles. The summed E-state index contributed by atoms with van der Waals surface area (Å²) in [6.45, 7) is 7.83. The van der Waals surface area contributed by atoms with Gasteiger partial charge in [-0.15, -0.1) is 0 Å². The van der Waals surface area contributed by atoms with Crippen LogP contribution < -0.4 is 9.64 Å². The molecule has 5 rings (SSSR count). The SMILES string of the molecule is C=CC(O)Oc1ccc(C2(c3ccc(N(c4ccc(C)cc4)c4ccc(C)cc4)cc3)CCCCC2)cc1. The van der Waals surface area contributed by atoms with Crippen LogP contribution in [0.1, 0.15) is 54.4 Å². The molecule has 1 fully saturated rings. The molecule has 0 spiro atoms. The third-order valence-electron chi connectivity index (χ3n) is 7.83. The predicted octanol–water partition coefficient (Wildman–Crippen LogP) is 8.91. The molecule has 38 heavy (non-hydrogen) atoms. The van der Waals surface area contributed by atoms with Crippen molar-refractivity contribution in [2.75, 3.05) is 4.90 Å². The van der Waals surface area contributed by atoms with Crippen LogP contribution in [0.4, 0.5) is 17.1 Å². The van der Waals surface area contributed by atoms with Crippen LogP contribution in [0, 0.1) is 13.8 Å². The summed E-state index contributed by atoms with van der Waals surface area (Å²) in [4.78, 5) is 2.33. The maximum atomic E-state index is 9.78. The maximum absolute atomic E-state index is 9.78. The van der Waals surface area contributed by atoms with Crippen molar-refractivity contribution in [3.05, 3.63) is 132 Å². The zero-order valence-corrected chi connectivity index (χ0v) is 22.4. The van der Waals surface area contributed by atoms with Gasteiger partial charge in [0.05, 0.1) is 0 Å². The first-order valence-electron chi connectivity index (χ1n) is 13.6. The van der Waals surface area contributed by atoms with Crippen LogP contribution in [0.3, 0.4) is 0 Å². The van der Waals surface area contributed by atoms with Gasteiger partial charge < -0.3 is 14.7 Å². The molecule has 1 atom stereocenters. The average molecular weight is 504 g/mol. The smallest absolute Gasteiger partial charge is 0.216 e. The van der Waals surface area contributed by atoms with Gasteiger partial charge in [-0.1, -0.05) is 85.5 Å². The molecule has 1 N–H and O–H groups in total. The Labute approximate surface area is 227 Å². The Morgan fingerprint density at radius 3 is 1.55 bits per heavy atom. The molecule has 0 radical (unpaired) electrons. The van der Waals surface area contributed by atoms with E-state index in [9.17, 15) is 5.11 Å². The number of aliphatic hydroxyl groups is 1. The van der Waals surface area contributed by atoms with E-state index >= 15 is 0 Å². The molecule has 1 unspecified atom stereocenters. The number of aliphatic hydroxyl groups excluding tert-OH is 1. The normalized spacial score (nSPS) is 15.4. The first-order valence-corrected chi connectivity index (χ1v) is 13.6. The monoisotopic (exact) mass is 503 g/mol. The minimum absolute atomic E-state index is 0.0229. The second-order valence-corrected chi connectivity index (χ2v) is 10.5. The second-order valence-electron chi connectivity index (χ2n) is 10.5. The quantitative estimate of drug-likeness (QED) is 0.192. The lowest BCUT2D eigenvalue weighted by Gasteiger charge is -2.39. The van der Waals surface area contributed by atoms with E-state index in [1.807, 2.05) is 12.1 Å². The summed E-state index contributed by atoms with van der Waals surface area (Å²) >= 11 is 0. The van der Waals surface area contributed by atoms with E-state index < -0.39 is 6.29 Å². The molecule has 1 aliphatic carbocycles.